The molecule has 3 aromatic carbocycles. The molecule has 0 aliphatic carbocycles. The summed E-state index contributed by atoms with van der Waals surface area (Å²) in [5.74, 6) is 0.214. The molecule has 0 spiro atoms. The lowest BCUT2D eigenvalue weighted by molar-refractivity contribution is 0.0728. The van der Waals surface area contributed by atoms with E-state index >= 15 is 0 Å². The van der Waals surface area contributed by atoms with Crippen molar-refractivity contribution < 1.29 is 14.3 Å². The van der Waals surface area contributed by atoms with Crippen LogP contribution in [-0.2, 0) is 0 Å². The van der Waals surface area contributed by atoms with E-state index in [-0.39, 0.29) is 0 Å². The summed E-state index contributed by atoms with van der Waals surface area (Å²) in [6, 6.07) is 20.0. The molecular formula is C20H15NO3. The molecule has 0 atom stereocenters. The maximum atomic E-state index is 12.4. The van der Waals surface area contributed by atoms with Gasteiger partial charge in [0, 0.05) is 6.07 Å². The van der Waals surface area contributed by atoms with Crippen molar-refractivity contribution >= 4 is 16.7 Å². The highest BCUT2D eigenvalue weighted by Gasteiger charge is 2.14. The Bertz CT molecular complexity index is 941. The molecule has 0 aliphatic rings. The molecular weight excluding hydrogens is 302 g/mol. The molecule has 24 heavy (non-hydrogen) atoms. The third-order valence-corrected chi connectivity index (χ3v) is 3.56. The monoisotopic (exact) mass is 317 g/mol. The van der Waals surface area contributed by atoms with Gasteiger partial charge in [0.2, 0.25) is 0 Å². The van der Waals surface area contributed by atoms with Crippen LogP contribution in [0.2, 0.25) is 0 Å². The predicted molar refractivity (Wildman–Crippen MR) is 91.2 cm³/mol. The van der Waals surface area contributed by atoms with E-state index in [2.05, 4.69) is 0 Å². The average molecular weight is 317 g/mol. The van der Waals surface area contributed by atoms with Gasteiger partial charge in [0.25, 0.3) is 0 Å². The molecule has 118 valence electrons. The minimum Gasteiger partial charge on any atom is -0.490 e. The topological polar surface area (TPSA) is 59.3 Å². The van der Waals surface area contributed by atoms with Gasteiger partial charge in [-0.25, -0.2) is 4.79 Å². The third kappa shape index (κ3) is 3.21. The molecule has 3 aromatic rings. The summed E-state index contributed by atoms with van der Waals surface area (Å²) in [5.41, 5.74) is 0.907. The van der Waals surface area contributed by atoms with Crippen molar-refractivity contribution in [3.63, 3.8) is 0 Å². The van der Waals surface area contributed by atoms with Gasteiger partial charge in [-0.05, 0) is 42.0 Å². The van der Waals surface area contributed by atoms with E-state index in [9.17, 15) is 4.79 Å². The van der Waals surface area contributed by atoms with Gasteiger partial charge in [-0.3, -0.25) is 0 Å². The zero-order valence-corrected chi connectivity index (χ0v) is 13.2. The summed E-state index contributed by atoms with van der Waals surface area (Å²) in [4.78, 5) is 12.4. The summed E-state index contributed by atoms with van der Waals surface area (Å²) >= 11 is 0. The SMILES string of the molecule is CCOc1cc(C#N)ccc1OC(=O)c1ccc2ccccc2c1. The average Bonchev–Trinajstić information content (AvgIpc) is 2.62. The Morgan fingerprint density at radius 3 is 2.54 bits per heavy atom. The van der Waals surface area contributed by atoms with E-state index in [4.69, 9.17) is 14.7 Å². The molecule has 0 fully saturated rings. The smallest absolute Gasteiger partial charge is 0.343 e. The fraction of sp³-hybridized carbons (Fsp3) is 0.100. The van der Waals surface area contributed by atoms with Crippen LogP contribution in [-0.4, -0.2) is 12.6 Å². The van der Waals surface area contributed by atoms with Crippen LogP contribution >= 0.6 is 0 Å². The Kier molecular flexibility index (Phi) is 4.44. The Morgan fingerprint density at radius 2 is 1.79 bits per heavy atom. The molecule has 0 aromatic heterocycles. The van der Waals surface area contributed by atoms with Crippen LogP contribution < -0.4 is 9.47 Å². The van der Waals surface area contributed by atoms with Gasteiger partial charge < -0.3 is 9.47 Å². The van der Waals surface area contributed by atoms with E-state index in [1.165, 1.54) is 0 Å². The summed E-state index contributed by atoms with van der Waals surface area (Å²) in [6.07, 6.45) is 0. The molecule has 0 unspecified atom stereocenters. The van der Waals surface area contributed by atoms with Crippen molar-refractivity contribution in [2.24, 2.45) is 0 Å². The number of rotatable bonds is 4. The molecule has 0 amide bonds. The van der Waals surface area contributed by atoms with Gasteiger partial charge >= 0.3 is 5.97 Å². The first-order valence-corrected chi connectivity index (χ1v) is 7.59. The number of ether oxygens (including phenoxy) is 2. The lowest BCUT2D eigenvalue weighted by Crippen LogP contribution is -2.09. The number of esters is 1. The van der Waals surface area contributed by atoms with Gasteiger partial charge in [0.05, 0.1) is 23.8 Å². The van der Waals surface area contributed by atoms with Crippen molar-refractivity contribution in [3.8, 4) is 17.6 Å². The second-order valence-corrected chi connectivity index (χ2v) is 5.16. The summed E-state index contributed by atoms with van der Waals surface area (Å²) < 4.78 is 10.9. The molecule has 0 radical (unpaired) electrons. The number of fused-ring (bicyclic) bond motifs is 1. The second kappa shape index (κ2) is 6.84. The number of carbonyl (C=O) groups is 1. The highest BCUT2D eigenvalue weighted by molar-refractivity contribution is 5.96. The minimum absolute atomic E-state index is 0.300. The van der Waals surface area contributed by atoms with E-state index in [0.717, 1.165) is 10.8 Å². The number of benzene rings is 3. The van der Waals surface area contributed by atoms with Crippen LogP contribution in [0.4, 0.5) is 0 Å². The Labute approximate surface area is 139 Å². The molecule has 0 saturated heterocycles. The molecule has 0 bridgehead atoms. The van der Waals surface area contributed by atoms with Crippen molar-refractivity contribution in [2.45, 2.75) is 6.92 Å². The Hall–Kier alpha value is -3.32. The van der Waals surface area contributed by atoms with Gasteiger partial charge in [-0.15, -0.1) is 0 Å². The zero-order chi connectivity index (χ0) is 16.9. The molecule has 3 rings (SSSR count). The fourth-order valence-corrected chi connectivity index (χ4v) is 2.41. The first-order valence-electron chi connectivity index (χ1n) is 7.59. The highest BCUT2D eigenvalue weighted by Crippen LogP contribution is 2.29. The van der Waals surface area contributed by atoms with Crippen LogP contribution in [0.1, 0.15) is 22.8 Å². The summed E-state index contributed by atoms with van der Waals surface area (Å²) in [5, 5.41) is 11.0. The van der Waals surface area contributed by atoms with E-state index in [1.54, 1.807) is 30.3 Å². The molecule has 4 heteroatoms. The summed E-state index contributed by atoms with van der Waals surface area (Å²) in [7, 11) is 0. The first kappa shape index (κ1) is 15.6. The second-order valence-electron chi connectivity index (χ2n) is 5.16. The summed E-state index contributed by atoms with van der Waals surface area (Å²) in [6.45, 7) is 2.24. The van der Waals surface area contributed by atoms with Crippen molar-refractivity contribution in [3.05, 3.63) is 71.8 Å². The first-order chi connectivity index (χ1) is 11.7. The normalized spacial score (nSPS) is 10.2. The van der Waals surface area contributed by atoms with Crippen LogP contribution in [0.3, 0.4) is 0 Å². The van der Waals surface area contributed by atoms with Crippen LogP contribution in [0.5, 0.6) is 11.5 Å². The quantitative estimate of drug-likeness (QED) is 0.531. The largest absolute Gasteiger partial charge is 0.490 e. The lowest BCUT2D eigenvalue weighted by atomic mass is 10.1. The van der Waals surface area contributed by atoms with Gasteiger partial charge in [-0.2, -0.15) is 5.26 Å². The van der Waals surface area contributed by atoms with E-state index < -0.39 is 5.97 Å². The molecule has 0 aliphatic heterocycles. The standard InChI is InChI=1S/C20H15NO3/c1-2-23-19-11-14(13-21)7-10-18(19)24-20(22)17-9-8-15-5-3-4-6-16(15)12-17/h3-12H,2H2,1H3. The number of nitriles is 1. The Morgan fingerprint density at radius 1 is 1.00 bits per heavy atom. The lowest BCUT2D eigenvalue weighted by Gasteiger charge is -2.11. The van der Waals surface area contributed by atoms with Crippen molar-refractivity contribution in [1.82, 2.24) is 0 Å². The van der Waals surface area contributed by atoms with E-state index in [1.807, 2.05) is 43.3 Å². The zero-order valence-electron chi connectivity index (χ0n) is 13.2. The molecule has 0 saturated carbocycles. The van der Waals surface area contributed by atoms with Gasteiger partial charge in [0.15, 0.2) is 11.5 Å². The fourth-order valence-electron chi connectivity index (χ4n) is 2.41. The van der Waals surface area contributed by atoms with Crippen LogP contribution in [0.15, 0.2) is 60.7 Å². The van der Waals surface area contributed by atoms with E-state index in [0.29, 0.717) is 29.2 Å². The third-order valence-electron chi connectivity index (χ3n) is 3.56. The van der Waals surface area contributed by atoms with Crippen molar-refractivity contribution in [1.29, 1.82) is 5.26 Å². The minimum atomic E-state index is -0.466. The molecule has 0 heterocycles. The number of hydrogen-bond acceptors (Lipinski definition) is 4. The van der Waals surface area contributed by atoms with Crippen LogP contribution in [0.25, 0.3) is 10.8 Å². The molecule has 0 N–H and O–H groups in total. The predicted octanol–water partition coefficient (Wildman–Crippen LogP) is 4.33. The van der Waals surface area contributed by atoms with Crippen LogP contribution in [0, 0.1) is 11.3 Å². The number of hydrogen-bond donors (Lipinski definition) is 0. The van der Waals surface area contributed by atoms with Gasteiger partial charge in [0.1, 0.15) is 0 Å². The van der Waals surface area contributed by atoms with Gasteiger partial charge in [-0.1, -0.05) is 30.3 Å². The highest BCUT2D eigenvalue weighted by atomic mass is 16.6. The Balaban J connectivity index is 1.89. The maximum absolute atomic E-state index is 12.4. The van der Waals surface area contributed by atoms with Crippen molar-refractivity contribution in [2.75, 3.05) is 6.61 Å². The maximum Gasteiger partial charge on any atom is 0.343 e. The number of nitrogens with zero attached hydrogens (tertiary/aromatic N) is 1. The molecule has 4 nitrogen and oxygen atoms in total. The number of carbonyl (C=O) groups excluding carboxylic acids is 1.